The highest BCUT2D eigenvalue weighted by Crippen LogP contribution is 2.53. The molecule has 1 aromatic rings. The molecule has 1 aliphatic carbocycles. The lowest BCUT2D eigenvalue weighted by molar-refractivity contribution is -0.118. The molecule has 0 N–H and O–H groups in total. The summed E-state index contributed by atoms with van der Waals surface area (Å²) in [6, 6.07) is 0.280. The van der Waals surface area contributed by atoms with Gasteiger partial charge in [-0.15, -0.1) is 0 Å². The van der Waals surface area contributed by atoms with E-state index in [1.165, 1.54) is 0 Å². The molecule has 2 saturated heterocycles. The number of aryl methyl sites for hydroxylation is 1. The maximum absolute atomic E-state index is 12.5. The van der Waals surface area contributed by atoms with Crippen LogP contribution in [0.15, 0.2) is 6.33 Å². The Balaban J connectivity index is 1.88. The molecule has 3 aliphatic rings. The SMILES string of the molecule is Cn1cnc(C23CCCC(C2)N3C(=O)OC(C)(C)C)n1. The van der Waals surface area contributed by atoms with Gasteiger partial charge in [-0.1, -0.05) is 0 Å². The van der Waals surface area contributed by atoms with Crippen molar-refractivity contribution in [2.75, 3.05) is 0 Å². The van der Waals surface area contributed by atoms with E-state index in [0.29, 0.717) is 0 Å². The van der Waals surface area contributed by atoms with Crippen molar-refractivity contribution in [2.24, 2.45) is 7.05 Å². The molecule has 0 aromatic carbocycles. The van der Waals surface area contributed by atoms with Crippen LogP contribution in [0.3, 0.4) is 0 Å². The number of ether oxygens (including phenoxy) is 1. The minimum absolute atomic E-state index is 0.235. The normalized spacial score (nSPS) is 29.0. The second kappa shape index (κ2) is 4.20. The third-order valence-corrected chi connectivity index (χ3v) is 4.13. The van der Waals surface area contributed by atoms with E-state index in [1.807, 2.05) is 32.7 Å². The molecule has 2 bridgehead atoms. The average molecular weight is 278 g/mol. The number of nitrogens with zero attached hydrogens (tertiary/aromatic N) is 4. The topological polar surface area (TPSA) is 60.2 Å². The van der Waals surface area contributed by atoms with E-state index in [-0.39, 0.29) is 17.7 Å². The molecule has 2 unspecified atom stereocenters. The van der Waals surface area contributed by atoms with Gasteiger partial charge in [0.25, 0.3) is 0 Å². The number of rotatable bonds is 1. The first kappa shape index (κ1) is 13.4. The quantitative estimate of drug-likeness (QED) is 0.790. The van der Waals surface area contributed by atoms with Gasteiger partial charge in [-0.3, -0.25) is 9.58 Å². The van der Waals surface area contributed by atoms with E-state index < -0.39 is 5.60 Å². The van der Waals surface area contributed by atoms with Crippen molar-refractivity contribution in [3.63, 3.8) is 0 Å². The Labute approximate surface area is 119 Å². The lowest BCUT2D eigenvalue weighted by atomic mass is 9.68. The highest BCUT2D eigenvalue weighted by atomic mass is 16.6. The van der Waals surface area contributed by atoms with Crippen LogP contribution in [0, 0.1) is 0 Å². The molecule has 110 valence electrons. The van der Waals surface area contributed by atoms with Crippen molar-refractivity contribution in [2.45, 2.75) is 63.6 Å². The van der Waals surface area contributed by atoms with Gasteiger partial charge in [0.15, 0.2) is 5.82 Å². The van der Waals surface area contributed by atoms with Crippen LogP contribution in [-0.4, -0.2) is 37.4 Å². The molecule has 0 spiro atoms. The third kappa shape index (κ3) is 1.98. The van der Waals surface area contributed by atoms with E-state index in [2.05, 4.69) is 10.1 Å². The molecule has 2 atom stereocenters. The summed E-state index contributed by atoms with van der Waals surface area (Å²) in [6.07, 6.45) is 5.50. The highest BCUT2D eigenvalue weighted by molar-refractivity contribution is 5.71. The molecule has 6 heteroatoms. The predicted octanol–water partition coefficient (Wildman–Crippen LogP) is 2.20. The second-order valence-corrected chi connectivity index (χ2v) is 6.87. The summed E-state index contributed by atoms with van der Waals surface area (Å²) >= 11 is 0. The Morgan fingerprint density at radius 1 is 1.50 bits per heavy atom. The summed E-state index contributed by atoms with van der Waals surface area (Å²) in [5.41, 5.74) is -0.813. The first-order valence-corrected chi connectivity index (χ1v) is 7.20. The van der Waals surface area contributed by atoms with Gasteiger partial charge in [0, 0.05) is 13.1 Å². The van der Waals surface area contributed by atoms with Crippen LogP contribution in [0.4, 0.5) is 4.79 Å². The van der Waals surface area contributed by atoms with Gasteiger partial charge in [-0.05, 0) is 46.5 Å². The molecular weight excluding hydrogens is 256 g/mol. The molecule has 6 nitrogen and oxygen atoms in total. The van der Waals surface area contributed by atoms with E-state index >= 15 is 0 Å². The smallest absolute Gasteiger partial charge is 0.411 e. The molecule has 3 heterocycles. The molecule has 20 heavy (non-hydrogen) atoms. The summed E-state index contributed by atoms with van der Waals surface area (Å²) < 4.78 is 7.25. The summed E-state index contributed by atoms with van der Waals surface area (Å²) in [4.78, 5) is 18.7. The van der Waals surface area contributed by atoms with Gasteiger partial charge in [-0.25, -0.2) is 9.78 Å². The molecule has 1 aromatic heterocycles. The van der Waals surface area contributed by atoms with Gasteiger partial charge in [0.05, 0.1) is 0 Å². The number of hydrogen-bond donors (Lipinski definition) is 0. The first-order valence-electron chi connectivity index (χ1n) is 7.20. The summed E-state index contributed by atoms with van der Waals surface area (Å²) in [5.74, 6) is 0.752. The molecular formula is C14H22N4O2. The van der Waals surface area contributed by atoms with Crippen LogP contribution in [0.5, 0.6) is 0 Å². The van der Waals surface area contributed by atoms with E-state index in [9.17, 15) is 4.79 Å². The van der Waals surface area contributed by atoms with Gasteiger partial charge in [-0.2, -0.15) is 5.10 Å². The molecule has 3 fully saturated rings. The molecule has 1 amide bonds. The second-order valence-electron chi connectivity index (χ2n) is 6.87. The van der Waals surface area contributed by atoms with Gasteiger partial charge in [0.2, 0.25) is 0 Å². The Morgan fingerprint density at radius 2 is 2.25 bits per heavy atom. The van der Waals surface area contributed by atoms with Gasteiger partial charge >= 0.3 is 6.09 Å². The molecule has 1 saturated carbocycles. The number of piperidine rings is 1. The number of amides is 1. The fourth-order valence-corrected chi connectivity index (χ4v) is 3.40. The standard InChI is InChI=1S/C14H22N4O2/c1-13(2,3)20-12(19)18-10-6-5-7-14(18,8-10)11-15-9-17(4)16-11/h9-10H,5-8H2,1-4H3. The van der Waals surface area contributed by atoms with Crippen molar-refractivity contribution in [1.29, 1.82) is 0 Å². The lowest BCUT2D eigenvalue weighted by Crippen LogP contribution is -2.69. The van der Waals surface area contributed by atoms with Crippen LogP contribution >= 0.6 is 0 Å². The number of hydrogen-bond acceptors (Lipinski definition) is 4. The maximum Gasteiger partial charge on any atom is 0.411 e. The fourth-order valence-electron chi connectivity index (χ4n) is 3.40. The van der Waals surface area contributed by atoms with Crippen molar-refractivity contribution in [1.82, 2.24) is 19.7 Å². The van der Waals surface area contributed by atoms with Crippen molar-refractivity contribution in [3.05, 3.63) is 12.2 Å². The third-order valence-electron chi connectivity index (χ3n) is 4.13. The zero-order valence-electron chi connectivity index (χ0n) is 12.6. The highest BCUT2D eigenvalue weighted by Gasteiger charge is 2.60. The number of fused-ring (bicyclic) bond motifs is 2. The zero-order chi connectivity index (χ0) is 14.5. The largest absolute Gasteiger partial charge is 0.444 e. The number of aromatic nitrogens is 3. The van der Waals surface area contributed by atoms with Gasteiger partial charge < -0.3 is 4.74 Å². The van der Waals surface area contributed by atoms with Crippen LogP contribution < -0.4 is 0 Å². The zero-order valence-corrected chi connectivity index (χ0v) is 12.6. The summed E-state index contributed by atoms with van der Waals surface area (Å²) in [5, 5.41) is 4.43. The van der Waals surface area contributed by atoms with Crippen molar-refractivity contribution >= 4 is 6.09 Å². The lowest BCUT2D eigenvalue weighted by Gasteiger charge is -2.59. The maximum atomic E-state index is 12.5. The molecule has 0 radical (unpaired) electrons. The fraction of sp³-hybridized carbons (Fsp3) is 0.786. The number of carbonyl (C=O) groups is 1. The first-order chi connectivity index (χ1) is 9.32. The van der Waals surface area contributed by atoms with Crippen LogP contribution in [0.1, 0.15) is 52.3 Å². The van der Waals surface area contributed by atoms with E-state index in [0.717, 1.165) is 31.5 Å². The minimum Gasteiger partial charge on any atom is -0.444 e. The Kier molecular flexibility index (Phi) is 2.81. The average Bonchev–Trinajstić information content (AvgIpc) is 2.73. The van der Waals surface area contributed by atoms with Crippen LogP contribution in [0.25, 0.3) is 0 Å². The minimum atomic E-state index is -0.473. The van der Waals surface area contributed by atoms with E-state index in [4.69, 9.17) is 4.74 Å². The van der Waals surface area contributed by atoms with Crippen LogP contribution in [0.2, 0.25) is 0 Å². The van der Waals surface area contributed by atoms with E-state index in [1.54, 1.807) is 11.0 Å². The van der Waals surface area contributed by atoms with Crippen molar-refractivity contribution in [3.8, 4) is 0 Å². The Morgan fingerprint density at radius 3 is 2.80 bits per heavy atom. The Bertz CT molecular complexity index is 530. The van der Waals surface area contributed by atoms with Crippen LogP contribution in [-0.2, 0) is 17.3 Å². The van der Waals surface area contributed by atoms with Gasteiger partial charge in [0.1, 0.15) is 17.5 Å². The summed E-state index contributed by atoms with van der Waals surface area (Å²) in [6.45, 7) is 5.68. The van der Waals surface area contributed by atoms with Crippen molar-refractivity contribution < 1.29 is 9.53 Å². The summed E-state index contributed by atoms with van der Waals surface area (Å²) in [7, 11) is 1.85. The molecule has 4 rings (SSSR count). The Hall–Kier alpha value is -1.59. The number of carbonyl (C=O) groups excluding carboxylic acids is 1. The molecule has 2 aliphatic heterocycles. The monoisotopic (exact) mass is 278 g/mol. The predicted molar refractivity (Wildman–Crippen MR) is 73.0 cm³/mol.